The third kappa shape index (κ3) is 4.89. The van der Waals surface area contributed by atoms with Gasteiger partial charge in [0.15, 0.2) is 4.80 Å². The fourth-order valence-corrected chi connectivity index (χ4v) is 5.69. The number of aromatic carboxylic acids is 1. The van der Waals surface area contributed by atoms with Crippen LogP contribution in [0.4, 0.5) is 0 Å². The van der Waals surface area contributed by atoms with Crippen molar-refractivity contribution in [1.82, 2.24) is 4.57 Å². The van der Waals surface area contributed by atoms with Crippen LogP contribution in [-0.2, 0) is 9.53 Å². The Hall–Kier alpha value is -4.70. The topological polar surface area (TPSA) is 120 Å². The summed E-state index contributed by atoms with van der Waals surface area (Å²) in [5, 5.41) is 9.54. The molecule has 204 valence electrons. The predicted octanol–water partition coefficient (Wildman–Crippen LogP) is 4.16. The van der Waals surface area contributed by atoms with Crippen LogP contribution in [0, 0.1) is 0 Å². The highest BCUT2D eigenvalue weighted by Gasteiger charge is 2.35. The highest BCUT2D eigenvalue weighted by molar-refractivity contribution is 7.07. The molecule has 1 N–H and O–H groups in total. The van der Waals surface area contributed by atoms with Crippen molar-refractivity contribution in [2.45, 2.75) is 26.8 Å². The second kappa shape index (κ2) is 11.2. The Labute approximate surface area is 232 Å². The number of rotatable bonds is 8. The highest BCUT2D eigenvalue weighted by atomic mass is 32.1. The SMILES string of the molecule is CCOC(=O)C1=C(C)N=c2sc(=Cc3ccc(-c4ccccc4C(=O)O)o3)c(=O)n2[C@@H]1c1ccccc1OCC. The predicted molar refractivity (Wildman–Crippen MR) is 149 cm³/mol. The quantitative estimate of drug-likeness (QED) is 0.323. The third-order valence-electron chi connectivity index (χ3n) is 6.35. The number of furan rings is 1. The molecule has 40 heavy (non-hydrogen) atoms. The Bertz CT molecular complexity index is 1830. The van der Waals surface area contributed by atoms with Crippen molar-refractivity contribution in [3.8, 4) is 17.1 Å². The van der Waals surface area contributed by atoms with E-state index in [-0.39, 0.29) is 23.3 Å². The number of carboxylic acids is 1. The second-order valence-electron chi connectivity index (χ2n) is 8.83. The average Bonchev–Trinajstić information content (AvgIpc) is 3.53. The molecule has 1 atom stereocenters. The molecule has 9 nitrogen and oxygen atoms in total. The van der Waals surface area contributed by atoms with Crippen molar-refractivity contribution in [3.05, 3.63) is 109 Å². The molecule has 10 heteroatoms. The van der Waals surface area contributed by atoms with Gasteiger partial charge in [0.1, 0.15) is 23.3 Å². The van der Waals surface area contributed by atoms with E-state index in [0.29, 0.717) is 50.0 Å². The summed E-state index contributed by atoms with van der Waals surface area (Å²) in [4.78, 5) is 43.7. The first kappa shape index (κ1) is 26.9. The summed E-state index contributed by atoms with van der Waals surface area (Å²) in [6.45, 7) is 5.88. The summed E-state index contributed by atoms with van der Waals surface area (Å²) in [5.74, 6) is -0.341. The number of carbonyl (C=O) groups excluding carboxylic acids is 1. The van der Waals surface area contributed by atoms with Crippen LogP contribution in [0.25, 0.3) is 17.4 Å². The first-order valence-electron chi connectivity index (χ1n) is 12.7. The molecule has 0 saturated heterocycles. The Balaban J connectivity index is 1.66. The number of aromatic nitrogens is 1. The van der Waals surface area contributed by atoms with Crippen molar-refractivity contribution in [3.63, 3.8) is 0 Å². The highest BCUT2D eigenvalue weighted by Crippen LogP contribution is 2.36. The molecule has 0 spiro atoms. The summed E-state index contributed by atoms with van der Waals surface area (Å²) in [6, 6.07) is 16.3. The number of hydrogen-bond acceptors (Lipinski definition) is 8. The maximum Gasteiger partial charge on any atom is 0.338 e. The number of benzene rings is 2. The maximum atomic E-state index is 13.9. The van der Waals surface area contributed by atoms with Gasteiger partial charge in [0.2, 0.25) is 0 Å². The summed E-state index contributed by atoms with van der Waals surface area (Å²) < 4.78 is 19.0. The summed E-state index contributed by atoms with van der Waals surface area (Å²) in [7, 11) is 0. The Morgan fingerprint density at radius 1 is 1.07 bits per heavy atom. The minimum atomic E-state index is -1.07. The summed E-state index contributed by atoms with van der Waals surface area (Å²) in [5.41, 5.74) is 1.53. The van der Waals surface area contributed by atoms with Gasteiger partial charge in [-0.2, -0.15) is 0 Å². The average molecular weight is 559 g/mol. The van der Waals surface area contributed by atoms with Gasteiger partial charge in [-0.05, 0) is 45.0 Å². The van der Waals surface area contributed by atoms with Gasteiger partial charge in [0, 0.05) is 17.2 Å². The molecule has 0 aliphatic carbocycles. The normalized spacial score (nSPS) is 15.0. The van der Waals surface area contributed by atoms with Crippen molar-refractivity contribution in [1.29, 1.82) is 0 Å². The van der Waals surface area contributed by atoms with Gasteiger partial charge in [0.25, 0.3) is 5.56 Å². The molecule has 1 aliphatic heterocycles. The van der Waals surface area contributed by atoms with E-state index in [1.54, 1.807) is 56.3 Å². The van der Waals surface area contributed by atoms with Gasteiger partial charge >= 0.3 is 11.9 Å². The molecule has 4 aromatic rings. The van der Waals surface area contributed by atoms with Crippen LogP contribution in [0.2, 0.25) is 0 Å². The number of esters is 1. The summed E-state index contributed by atoms with van der Waals surface area (Å²) in [6.07, 6.45) is 1.59. The largest absolute Gasteiger partial charge is 0.494 e. The number of fused-ring (bicyclic) bond motifs is 1. The lowest BCUT2D eigenvalue weighted by Crippen LogP contribution is -2.40. The van der Waals surface area contributed by atoms with E-state index in [9.17, 15) is 19.5 Å². The van der Waals surface area contributed by atoms with Crippen LogP contribution in [-0.4, -0.2) is 34.8 Å². The van der Waals surface area contributed by atoms with Crippen molar-refractivity contribution >= 4 is 29.4 Å². The van der Waals surface area contributed by atoms with E-state index in [1.807, 2.05) is 25.1 Å². The lowest BCUT2D eigenvalue weighted by Gasteiger charge is -2.26. The number of thiazole rings is 1. The smallest absolute Gasteiger partial charge is 0.338 e. The van der Waals surface area contributed by atoms with Crippen molar-refractivity contribution < 1.29 is 28.6 Å². The fourth-order valence-electron chi connectivity index (χ4n) is 4.67. The molecule has 3 heterocycles. The number of carboxylic acid groups (broad SMARTS) is 1. The Kier molecular flexibility index (Phi) is 7.52. The first-order chi connectivity index (χ1) is 19.3. The second-order valence-corrected chi connectivity index (χ2v) is 9.83. The first-order valence-corrected chi connectivity index (χ1v) is 13.5. The van der Waals surface area contributed by atoms with Crippen LogP contribution in [0.3, 0.4) is 0 Å². The van der Waals surface area contributed by atoms with Crippen molar-refractivity contribution in [2.24, 2.45) is 4.99 Å². The summed E-state index contributed by atoms with van der Waals surface area (Å²) >= 11 is 1.17. The van der Waals surface area contributed by atoms with E-state index in [2.05, 4.69) is 4.99 Å². The molecule has 2 aromatic carbocycles. The van der Waals surface area contributed by atoms with Gasteiger partial charge < -0.3 is 19.0 Å². The van der Waals surface area contributed by atoms with E-state index in [0.717, 1.165) is 0 Å². The van der Waals surface area contributed by atoms with Crippen LogP contribution in [0.15, 0.2) is 86.1 Å². The van der Waals surface area contributed by atoms with Gasteiger partial charge in [-0.3, -0.25) is 9.36 Å². The molecule has 0 saturated carbocycles. The van der Waals surface area contributed by atoms with Crippen LogP contribution in [0.1, 0.15) is 48.5 Å². The van der Waals surface area contributed by atoms with E-state index < -0.39 is 18.0 Å². The van der Waals surface area contributed by atoms with Gasteiger partial charge in [-0.25, -0.2) is 14.6 Å². The van der Waals surface area contributed by atoms with Gasteiger partial charge in [-0.15, -0.1) is 0 Å². The molecule has 1 aliphatic rings. The van der Waals surface area contributed by atoms with Crippen LogP contribution >= 0.6 is 11.3 Å². The number of hydrogen-bond donors (Lipinski definition) is 1. The molecule has 0 unspecified atom stereocenters. The zero-order chi connectivity index (χ0) is 28.4. The molecular weight excluding hydrogens is 532 g/mol. The number of allylic oxidation sites excluding steroid dienone is 1. The molecule has 0 radical (unpaired) electrons. The number of ether oxygens (including phenoxy) is 2. The van der Waals surface area contributed by atoms with Crippen molar-refractivity contribution in [2.75, 3.05) is 13.2 Å². The van der Waals surface area contributed by atoms with E-state index in [4.69, 9.17) is 13.9 Å². The monoisotopic (exact) mass is 558 g/mol. The van der Waals surface area contributed by atoms with Crippen LogP contribution in [0.5, 0.6) is 5.75 Å². The van der Waals surface area contributed by atoms with E-state index in [1.165, 1.54) is 22.0 Å². The number of carbonyl (C=O) groups is 2. The molecule has 5 rings (SSSR count). The number of para-hydroxylation sites is 1. The maximum absolute atomic E-state index is 13.9. The molecule has 0 amide bonds. The number of nitrogens with zero attached hydrogens (tertiary/aromatic N) is 2. The molecule has 0 fully saturated rings. The Morgan fingerprint density at radius 2 is 1.82 bits per heavy atom. The van der Waals surface area contributed by atoms with E-state index >= 15 is 0 Å². The Morgan fingerprint density at radius 3 is 2.58 bits per heavy atom. The third-order valence-corrected chi connectivity index (χ3v) is 7.34. The minimum Gasteiger partial charge on any atom is -0.494 e. The van der Waals surface area contributed by atoms with Gasteiger partial charge in [-0.1, -0.05) is 47.7 Å². The zero-order valence-electron chi connectivity index (χ0n) is 22.0. The molecular formula is C30H26N2O7S. The zero-order valence-corrected chi connectivity index (χ0v) is 22.9. The minimum absolute atomic E-state index is 0.109. The lowest BCUT2D eigenvalue weighted by atomic mass is 9.95. The van der Waals surface area contributed by atoms with Crippen LogP contribution < -0.4 is 19.6 Å². The van der Waals surface area contributed by atoms with Gasteiger partial charge in [0.05, 0.1) is 34.6 Å². The lowest BCUT2D eigenvalue weighted by molar-refractivity contribution is -0.139. The molecule has 0 bridgehead atoms. The molecule has 2 aromatic heterocycles. The standard InChI is InChI=1S/C30H26N2O7S/c1-4-37-22-13-9-8-12-21(22)26-25(29(36)38-5-2)17(3)31-30-32(26)27(33)24(40-30)16-18-14-15-23(39-18)19-10-6-7-11-20(19)28(34)35/h6-16,26H,4-5H2,1-3H3,(H,34,35)/t26-/m1/s1. The fraction of sp³-hybridized carbons (Fsp3) is 0.200.